The van der Waals surface area contributed by atoms with Gasteiger partial charge in [0.15, 0.2) is 0 Å². The van der Waals surface area contributed by atoms with Crippen molar-refractivity contribution in [3.05, 3.63) is 35.6 Å². The number of carboxylic acid groups (broad SMARTS) is 1. The molecule has 2 aliphatic rings. The maximum absolute atomic E-state index is 13.2. The van der Waals surface area contributed by atoms with E-state index in [-0.39, 0.29) is 11.7 Å². The molecule has 0 unspecified atom stereocenters. The Morgan fingerprint density at radius 2 is 1.96 bits per heavy atom. The van der Waals surface area contributed by atoms with Gasteiger partial charge in [-0.3, -0.25) is 4.90 Å². The Morgan fingerprint density at radius 1 is 1.31 bits per heavy atom. The highest BCUT2D eigenvalue weighted by Crippen LogP contribution is 2.24. The molecule has 1 aromatic carbocycles. The number of rotatable bonds is 7. The van der Waals surface area contributed by atoms with Crippen molar-refractivity contribution >= 4 is 6.09 Å². The first-order valence-corrected chi connectivity index (χ1v) is 9.26. The van der Waals surface area contributed by atoms with Crippen molar-refractivity contribution in [2.24, 2.45) is 0 Å². The fourth-order valence-electron chi connectivity index (χ4n) is 3.74. The summed E-state index contributed by atoms with van der Waals surface area (Å²) in [5, 5.41) is 9.18. The Labute approximate surface area is 154 Å². The first-order chi connectivity index (χ1) is 12.5. The molecule has 0 aliphatic carbocycles. The molecule has 1 N–H and O–H groups in total. The lowest BCUT2D eigenvalue weighted by Crippen LogP contribution is -2.61. The average Bonchev–Trinajstić information content (AvgIpc) is 2.60. The Balaban J connectivity index is 1.51. The van der Waals surface area contributed by atoms with Gasteiger partial charge in [0, 0.05) is 51.7 Å². The van der Waals surface area contributed by atoms with E-state index in [1.165, 1.54) is 17.0 Å². The summed E-state index contributed by atoms with van der Waals surface area (Å²) in [4.78, 5) is 17.4. The topological polar surface area (TPSA) is 56.2 Å². The molecule has 6 nitrogen and oxygen atoms in total. The van der Waals surface area contributed by atoms with Crippen LogP contribution in [0.1, 0.15) is 17.9 Å². The van der Waals surface area contributed by atoms with Crippen molar-refractivity contribution in [1.29, 1.82) is 0 Å². The van der Waals surface area contributed by atoms with Crippen molar-refractivity contribution in [2.75, 3.05) is 59.5 Å². The number of ether oxygens (including phenoxy) is 1. The number of amides is 1. The molecule has 2 saturated heterocycles. The zero-order valence-electron chi connectivity index (χ0n) is 15.3. The number of nitrogens with zero attached hydrogens (tertiary/aromatic N) is 3. The molecule has 3 rings (SSSR count). The molecule has 2 heterocycles. The van der Waals surface area contributed by atoms with E-state index in [1.54, 1.807) is 19.2 Å². The lowest BCUT2D eigenvalue weighted by molar-refractivity contribution is -0.0326. The molecule has 7 heteroatoms. The van der Waals surface area contributed by atoms with Gasteiger partial charge in [-0.2, -0.15) is 0 Å². The molecule has 0 bridgehead atoms. The van der Waals surface area contributed by atoms with Gasteiger partial charge in [-0.1, -0.05) is 12.1 Å². The number of benzene rings is 1. The SMILES string of the molecule is CN(C[C@@H](CCN1CC(N2CCOCC2)C1)c1ccc(F)cc1)C(=O)O. The number of likely N-dealkylation sites (N-methyl/N-ethyl adjacent to an activating group) is 1. The molecular formula is C19H28FN3O3. The molecule has 0 aromatic heterocycles. The van der Waals surface area contributed by atoms with Crippen LogP contribution in [0.15, 0.2) is 24.3 Å². The van der Waals surface area contributed by atoms with E-state index in [9.17, 15) is 14.3 Å². The highest BCUT2D eigenvalue weighted by atomic mass is 19.1. The van der Waals surface area contributed by atoms with E-state index in [0.717, 1.165) is 57.9 Å². The molecule has 1 aromatic rings. The summed E-state index contributed by atoms with van der Waals surface area (Å²) in [5.74, 6) is -0.200. The number of hydrogen-bond donors (Lipinski definition) is 1. The summed E-state index contributed by atoms with van der Waals surface area (Å²) in [5.41, 5.74) is 0.991. The van der Waals surface area contributed by atoms with Crippen molar-refractivity contribution in [3.8, 4) is 0 Å². The first kappa shape index (κ1) is 19.1. The molecule has 144 valence electrons. The number of likely N-dealkylation sites (tertiary alicyclic amines) is 1. The van der Waals surface area contributed by atoms with Gasteiger partial charge in [0.05, 0.1) is 13.2 Å². The van der Waals surface area contributed by atoms with Gasteiger partial charge in [0.2, 0.25) is 0 Å². The number of morpholine rings is 1. The lowest BCUT2D eigenvalue weighted by atomic mass is 9.94. The van der Waals surface area contributed by atoms with Gasteiger partial charge in [-0.15, -0.1) is 0 Å². The Morgan fingerprint density at radius 3 is 2.58 bits per heavy atom. The van der Waals surface area contributed by atoms with Crippen molar-refractivity contribution in [3.63, 3.8) is 0 Å². The monoisotopic (exact) mass is 365 g/mol. The summed E-state index contributed by atoms with van der Waals surface area (Å²) in [6.07, 6.45) is -0.0764. The number of carbonyl (C=O) groups is 1. The smallest absolute Gasteiger partial charge is 0.407 e. The standard InChI is InChI=1S/C19H28FN3O3/c1-21(19(24)25)12-16(15-2-4-17(20)5-3-15)6-7-22-13-18(14-22)23-8-10-26-11-9-23/h2-5,16,18H,6-14H2,1H3,(H,24,25)/t16-/m1/s1. The molecule has 1 amide bonds. The summed E-state index contributed by atoms with van der Waals surface area (Å²) in [6, 6.07) is 7.04. The zero-order chi connectivity index (χ0) is 18.5. The summed E-state index contributed by atoms with van der Waals surface area (Å²) < 4.78 is 18.6. The van der Waals surface area contributed by atoms with Crippen molar-refractivity contribution in [1.82, 2.24) is 14.7 Å². The van der Waals surface area contributed by atoms with E-state index < -0.39 is 6.09 Å². The van der Waals surface area contributed by atoms with Crippen LogP contribution in [0.4, 0.5) is 9.18 Å². The third-order valence-corrected chi connectivity index (χ3v) is 5.46. The molecule has 0 saturated carbocycles. The summed E-state index contributed by atoms with van der Waals surface area (Å²) in [6.45, 7) is 7.14. The van der Waals surface area contributed by atoms with E-state index >= 15 is 0 Å². The average molecular weight is 365 g/mol. The molecule has 2 fully saturated rings. The minimum atomic E-state index is -0.937. The Bertz CT molecular complexity index is 586. The third kappa shape index (κ3) is 4.93. The van der Waals surface area contributed by atoms with Crippen LogP contribution < -0.4 is 0 Å². The Hall–Kier alpha value is -1.70. The van der Waals surface area contributed by atoms with E-state index in [4.69, 9.17) is 4.74 Å². The van der Waals surface area contributed by atoms with Gasteiger partial charge < -0.3 is 19.6 Å². The second kappa shape index (κ2) is 8.79. The first-order valence-electron chi connectivity index (χ1n) is 9.26. The molecule has 1 atom stereocenters. The zero-order valence-corrected chi connectivity index (χ0v) is 15.3. The van der Waals surface area contributed by atoms with Crippen LogP contribution in [0.5, 0.6) is 0 Å². The van der Waals surface area contributed by atoms with Crippen LogP contribution in [0.3, 0.4) is 0 Å². The molecular weight excluding hydrogens is 337 g/mol. The summed E-state index contributed by atoms with van der Waals surface area (Å²) in [7, 11) is 1.58. The van der Waals surface area contributed by atoms with Gasteiger partial charge in [-0.25, -0.2) is 9.18 Å². The fourth-order valence-corrected chi connectivity index (χ4v) is 3.74. The van der Waals surface area contributed by atoms with Gasteiger partial charge in [0.25, 0.3) is 0 Å². The highest BCUT2D eigenvalue weighted by Gasteiger charge is 2.32. The maximum atomic E-state index is 13.2. The fraction of sp³-hybridized carbons (Fsp3) is 0.632. The van der Waals surface area contributed by atoms with Gasteiger partial charge >= 0.3 is 6.09 Å². The van der Waals surface area contributed by atoms with Gasteiger partial charge in [-0.05, 0) is 30.7 Å². The van der Waals surface area contributed by atoms with Crippen LogP contribution in [0.2, 0.25) is 0 Å². The van der Waals surface area contributed by atoms with Crippen LogP contribution in [-0.4, -0.2) is 91.5 Å². The van der Waals surface area contributed by atoms with Gasteiger partial charge in [0.1, 0.15) is 5.82 Å². The lowest BCUT2D eigenvalue weighted by Gasteiger charge is -2.47. The number of hydrogen-bond acceptors (Lipinski definition) is 4. The molecule has 0 spiro atoms. The van der Waals surface area contributed by atoms with Crippen molar-refractivity contribution < 1.29 is 19.0 Å². The predicted molar refractivity (Wildman–Crippen MR) is 97.0 cm³/mol. The second-order valence-corrected chi connectivity index (χ2v) is 7.26. The van der Waals surface area contributed by atoms with Crippen LogP contribution >= 0.6 is 0 Å². The maximum Gasteiger partial charge on any atom is 0.407 e. The Kier molecular flexibility index (Phi) is 6.45. The van der Waals surface area contributed by atoms with Crippen LogP contribution in [-0.2, 0) is 4.74 Å². The summed E-state index contributed by atoms with van der Waals surface area (Å²) >= 11 is 0. The predicted octanol–water partition coefficient (Wildman–Crippen LogP) is 1.93. The van der Waals surface area contributed by atoms with Crippen molar-refractivity contribution in [2.45, 2.75) is 18.4 Å². The number of halogens is 1. The second-order valence-electron chi connectivity index (χ2n) is 7.26. The van der Waals surface area contributed by atoms with E-state index in [1.807, 2.05) is 0 Å². The molecule has 26 heavy (non-hydrogen) atoms. The minimum Gasteiger partial charge on any atom is -0.465 e. The normalized spacial score (nSPS) is 20.5. The third-order valence-electron chi connectivity index (χ3n) is 5.46. The largest absolute Gasteiger partial charge is 0.465 e. The van der Waals surface area contributed by atoms with Crippen LogP contribution in [0, 0.1) is 5.82 Å². The van der Waals surface area contributed by atoms with Crippen LogP contribution in [0.25, 0.3) is 0 Å². The van der Waals surface area contributed by atoms with E-state index in [2.05, 4.69) is 9.80 Å². The molecule has 0 radical (unpaired) electrons. The molecule has 2 aliphatic heterocycles. The quantitative estimate of drug-likeness (QED) is 0.800. The highest BCUT2D eigenvalue weighted by molar-refractivity contribution is 5.64. The minimum absolute atomic E-state index is 0.0686. The van der Waals surface area contributed by atoms with E-state index in [0.29, 0.717) is 12.6 Å².